The van der Waals surface area contributed by atoms with Gasteiger partial charge in [-0.2, -0.15) is 0 Å². The Labute approximate surface area is 169 Å². The first-order valence-corrected chi connectivity index (χ1v) is 9.52. The van der Waals surface area contributed by atoms with E-state index < -0.39 is 17.8 Å². The molecule has 2 aromatic rings. The van der Waals surface area contributed by atoms with Gasteiger partial charge in [0.1, 0.15) is 12.4 Å². The predicted octanol–water partition coefficient (Wildman–Crippen LogP) is 4.38. The minimum Gasteiger partial charge on any atom is -0.445 e. The fourth-order valence-electron chi connectivity index (χ4n) is 2.81. The van der Waals surface area contributed by atoms with Crippen LogP contribution in [0, 0.1) is 5.82 Å². The quantitative estimate of drug-likeness (QED) is 0.696. The monoisotopic (exact) mass is 454 g/mol. The van der Waals surface area contributed by atoms with Crippen molar-refractivity contribution in [3.63, 3.8) is 0 Å². The number of carbonyl (C=O) groups is 2. The van der Waals surface area contributed by atoms with Gasteiger partial charge in [0.05, 0.1) is 10.6 Å². The third kappa shape index (κ3) is 4.99. The highest BCUT2D eigenvalue weighted by Gasteiger charge is 2.29. The second-order valence-corrected chi connectivity index (χ2v) is 7.45. The largest absolute Gasteiger partial charge is 0.445 e. The zero-order chi connectivity index (χ0) is 19.4. The highest BCUT2D eigenvalue weighted by atomic mass is 79.9. The lowest BCUT2D eigenvalue weighted by Gasteiger charge is -2.17. The molecule has 0 aliphatic carbocycles. The molecule has 0 unspecified atom stereocenters. The van der Waals surface area contributed by atoms with Crippen molar-refractivity contribution in [3.05, 3.63) is 68.9 Å². The molecular weight excluding hydrogens is 439 g/mol. The lowest BCUT2D eigenvalue weighted by atomic mass is 10.1. The molecule has 1 aliphatic rings. The summed E-state index contributed by atoms with van der Waals surface area (Å²) in [5.41, 5.74) is 0.801. The molecule has 8 heteroatoms. The highest BCUT2D eigenvalue weighted by molar-refractivity contribution is 9.10. The van der Waals surface area contributed by atoms with Crippen molar-refractivity contribution >= 4 is 39.5 Å². The average Bonchev–Trinajstić information content (AvgIpc) is 3.12. The number of ether oxygens (including phenoxy) is 1. The summed E-state index contributed by atoms with van der Waals surface area (Å²) < 4.78 is 19.7. The van der Waals surface area contributed by atoms with E-state index in [0.717, 1.165) is 11.6 Å². The third-order valence-corrected chi connectivity index (χ3v) is 5.44. The Balaban J connectivity index is 1.52. The summed E-state index contributed by atoms with van der Waals surface area (Å²) in [6.07, 6.45) is 0.138. The minimum atomic E-state index is -0.696. The summed E-state index contributed by atoms with van der Waals surface area (Å²) in [4.78, 5) is 26.0. The van der Waals surface area contributed by atoms with Crippen molar-refractivity contribution in [2.45, 2.75) is 19.1 Å². The van der Waals surface area contributed by atoms with Crippen molar-refractivity contribution in [1.29, 1.82) is 0 Å². The van der Waals surface area contributed by atoms with Crippen molar-refractivity contribution in [1.82, 2.24) is 10.2 Å². The second-order valence-electron chi connectivity index (χ2n) is 6.19. The van der Waals surface area contributed by atoms with Gasteiger partial charge in [0.25, 0.3) is 5.91 Å². The predicted molar refractivity (Wildman–Crippen MR) is 103 cm³/mol. The molecule has 27 heavy (non-hydrogen) atoms. The van der Waals surface area contributed by atoms with Crippen LogP contribution >= 0.6 is 27.5 Å². The first kappa shape index (κ1) is 19.6. The van der Waals surface area contributed by atoms with Crippen molar-refractivity contribution < 1.29 is 18.7 Å². The number of carbonyl (C=O) groups excluding carboxylic acids is 2. The van der Waals surface area contributed by atoms with Gasteiger partial charge < -0.3 is 15.0 Å². The fraction of sp³-hybridized carbons (Fsp3) is 0.263. The van der Waals surface area contributed by atoms with Gasteiger partial charge in [0.15, 0.2) is 0 Å². The molecule has 1 fully saturated rings. The van der Waals surface area contributed by atoms with Gasteiger partial charge in [-0.1, -0.05) is 41.9 Å². The lowest BCUT2D eigenvalue weighted by molar-refractivity contribution is 0.0918. The maximum Gasteiger partial charge on any atom is 0.410 e. The van der Waals surface area contributed by atoms with E-state index in [1.165, 1.54) is 11.0 Å². The smallest absolute Gasteiger partial charge is 0.410 e. The Morgan fingerprint density at radius 3 is 2.78 bits per heavy atom. The first-order valence-electron chi connectivity index (χ1n) is 8.35. The molecule has 0 saturated carbocycles. The van der Waals surface area contributed by atoms with Crippen LogP contribution in [0.15, 0.2) is 46.9 Å². The van der Waals surface area contributed by atoms with Gasteiger partial charge in [-0.15, -0.1) is 0 Å². The van der Waals surface area contributed by atoms with Crippen LogP contribution < -0.4 is 5.32 Å². The molecule has 142 valence electrons. The molecule has 0 bridgehead atoms. The van der Waals surface area contributed by atoms with E-state index in [-0.39, 0.29) is 23.2 Å². The maximum absolute atomic E-state index is 14.0. The summed E-state index contributed by atoms with van der Waals surface area (Å²) in [6, 6.07) is 11.5. The maximum atomic E-state index is 14.0. The molecule has 5 nitrogen and oxygen atoms in total. The van der Waals surface area contributed by atoms with Crippen LogP contribution in [-0.4, -0.2) is 36.0 Å². The Hall–Kier alpha value is -2.12. The van der Waals surface area contributed by atoms with Crippen LogP contribution in [0.4, 0.5) is 9.18 Å². The number of hydrogen-bond donors (Lipinski definition) is 1. The summed E-state index contributed by atoms with van der Waals surface area (Å²) in [6.45, 7) is 0.971. The van der Waals surface area contributed by atoms with Crippen molar-refractivity contribution in [3.8, 4) is 0 Å². The van der Waals surface area contributed by atoms with Crippen LogP contribution in [0.3, 0.4) is 0 Å². The van der Waals surface area contributed by atoms with Crippen LogP contribution in [0.5, 0.6) is 0 Å². The van der Waals surface area contributed by atoms with Crippen LogP contribution in [0.25, 0.3) is 0 Å². The summed E-state index contributed by atoms with van der Waals surface area (Å²) >= 11 is 8.99. The van der Waals surface area contributed by atoms with E-state index in [1.807, 2.05) is 30.3 Å². The number of halogens is 3. The van der Waals surface area contributed by atoms with E-state index in [2.05, 4.69) is 21.2 Å². The van der Waals surface area contributed by atoms with Crippen molar-refractivity contribution in [2.24, 2.45) is 0 Å². The number of amides is 2. The van der Waals surface area contributed by atoms with E-state index in [1.54, 1.807) is 0 Å². The van der Waals surface area contributed by atoms with E-state index in [4.69, 9.17) is 16.3 Å². The zero-order valence-electron chi connectivity index (χ0n) is 14.3. The summed E-state index contributed by atoms with van der Waals surface area (Å²) in [7, 11) is 0. The van der Waals surface area contributed by atoms with Gasteiger partial charge in [0, 0.05) is 23.6 Å². The number of hydrogen-bond acceptors (Lipinski definition) is 3. The van der Waals surface area contributed by atoms with Gasteiger partial charge >= 0.3 is 6.09 Å². The number of likely N-dealkylation sites (tertiary alicyclic amines) is 1. The molecule has 0 aromatic heterocycles. The Bertz CT molecular complexity index is 850. The Morgan fingerprint density at radius 2 is 2.04 bits per heavy atom. The molecule has 1 atom stereocenters. The third-order valence-electron chi connectivity index (χ3n) is 4.24. The molecule has 3 rings (SSSR count). The SMILES string of the molecule is O=C(N[C@@H]1CCN(C(=O)OCc2ccccc2)C1)c1cc(Br)c(Cl)cc1F. The van der Waals surface area contributed by atoms with Gasteiger partial charge in [-0.05, 0) is 40.0 Å². The number of nitrogens with one attached hydrogen (secondary N) is 1. The minimum absolute atomic E-state index is 0.101. The van der Waals surface area contributed by atoms with Crippen LogP contribution in [0.2, 0.25) is 5.02 Å². The summed E-state index contributed by atoms with van der Waals surface area (Å²) in [5.74, 6) is -1.24. The van der Waals surface area contributed by atoms with Gasteiger partial charge in [-0.3, -0.25) is 4.79 Å². The van der Waals surface area contributed by atoms with Gasteiger partial charge in [0.2, 0.25) is 0 Å². The van der Waals surface area contributed by atoms with Crippen molar-refractivity contribution in [2.75, 3.05) is 13.1 Å². The fourth-order valence-corrected chi connectivity index (χ4v) is 3.31. The second kappa shape index (κ2) is 8.71. The molecule has 1 heterocycles. The molecule has 1 N–H and O–H groups in total. The zero-order valence-corrected chi connectivity index (χ0v) is 16.6. The molecule has 1 aliphatic heterocycles. The number of rotatable bonds is 4. The van der Waals surface area contributed by atoms with Gasteiger partial charge in [-0.25, -0.2) is 9.18 Å². The van der Waals surface area contributed by atoms with E-state index >= 15 is 0 Å². The van der Waals surface area contributed by atoms with E-state index in [0.29, 0.717) is 24.0 Å². The normalized spacial score (nSPS) is 16.3. The molecule has 0 radical (unpaired) electrons. The summed E-state index contributed by atoms with van der Waals surface area (Å²) in [5, 5.41) is 2.94. The highest BCUT2D eigenvalue weighted by Crippen LogP contribution is 2.26. The molecule has 0 spiro atoms. The molecule has 2 aromatic carbocycles. The molecular formula is C19H17BrClFN2O3. The molecule has 1 saturated heterocycles. The molecule has 2 amide bonds. The van der Waals surface area contributed by atoms with Crippen LogP contribution in [-0.2, 0) is 11.3 Å². The topological polar surface area (TPSA) is 58.6 Å². The Kier molecular flexibility index (Phi) is 6.34. The average molecular weight is 456 g/mol. The van der Waals surface area contributed by atoms with E-state index in [9.17, 15) is 14.0 Å². The standard InChI is InChI=1S/C19H17BrClFN2O3/c20-15-8-14(17(22)9-16(15)21)18(25)23-13-6-7-24(10-13)19(26)27-11-12-4-2-1-3-5-12/h1-5,8-9,13H,6-7,10-11H2,(H,23,25)/t13-/m1/s1. The number of benzene rings is 2. The van der Waals surface area contributed by atoms with Crippen LogP contribution in [0.1, 0.15) is 22.3 Å². The Morgan fingerprint density at radius 1 is 1.30 bits per heavy atom. The number of nitrogens with zero attached hydrogens (tertiary/aromatic N) is 1. The first-order chi connectivity index (χ1) is 12.9. The lowest BCUT2D eigenvalue weighted by Crippen LogP contribution is -2.38.